The monoisotopic (exact) mass is 304 g/mol. The van der Waals surface area contributed by atoms with Crippen LogP contribution in [0, 0.1) is 0 Å². The molecule has 0 aliphatic rings. The van der Waals surface area contributed by atoms with Gasteiger partial charge in [0.25, 0.3) is 0 Å². The standard InChI is InChI=1S/C16H13ClO4/c1-10(18)13-9-11(20-2)7-8-15(13)21-16(19)12-5-3-4-6-14(12)17/h3-9H,1-2H3. The van der Waals surface area contributed by atoms with Gasteiger partial charge in [0.2, 0.25) is 0 Å². The first-order chi connectivity index (χ1) is 10.0. The van der Waals surface area contributed by atoms with Crippen molar-refractivity contribution in [3.05, 3.63) is 58.6 Å². The maximum Gasteiger partial charge on any atom is 0.345 e. The Bertz CT molecular complexity index is 694. The van der Waals surface area contributed by atoms with E-state index in [1.54, 1.807) is 30.3 Å². The smallest absolute Gasteiger partial charge is 0.345 e. The van der Waals surface area contributed by atoms with E-state index in [2.05, 4.69) is 0 Å². The number of carbonyl (C=O) groups excluding carboxylic acids is 2. The highest BCUT2D eigenvalue weighted by molar-refractivity contribution is 6.33. The highest BCUT2D eigenvalue weighted by Crippen LogP contribution is 2.26. The van der Waals surface area contributed by atoms with E-state index in [1.807, 2.05) is 0 Å². The van der Waals surface area contributed by atoms with Crippen LogP contribution >= 0.6 is 11.6 Å². The summed E-state index contributed by atoms with van der Waals surface area (Å²) in [6.07, 6.45) is 0. The second kappa shape index (κ2) is 6.41. The summed E-state index contributed by atoms with van der Waals surface area (Å²) in [5, 5.41) is 0.292. The van der Waals surface area contributed by atoms with Crippen molar-refractivity contribution < 1.29 is 19.1 Å². The van der Waals surface area contributed by atoms with Crippen LogP contribution in [-0.4, -0.2) is 18.9 Å². The lowest BCUT2D eigenvalue weighted by Crippen LogP contribution is -2.11. The second-order valence-electron chi connectivity index (χ2n) is 4.29. The molecular weight excluding hydrogens is 292 g/mol. The van der Waals surface area contributed by atoms with Crippen LogP contribution < -0.4 is 9.47 Å². The van der Waals surface area contributed by atoms with Crippen molar-refractivity contribution in [3.63, 3.8) is 0 Å². The molecule has 0 aromatic heterocycles. The molecule has 108 valence electrons. The molecule has 0 spiro atoms. The lowest BCUT2D eigenvalue weighted by molar-refractivity contribution is 0.0733. The minimum Gasteiger partial charge on any atom is -0.497 e. The van der Waals surface area contributed by atoms with Gasteiger partial charge >= 0.3 is 5.97 Å². The number of rotatable bonds is 4. The van der Waals surface area contributed by atoms with Gasteiger partial charge in [0.05, 0.1) is 23.3 Å². The molecule has 2 aromatic rings. The van der Waals surface area contributed by atoms with Gasteiger partial charge in [-0.15, -0.1) is 0 Å². The largest absolute Gasteiger partial charge is 0.497 e. The predicted octanol–water partition coefficient (Wildman–Crippen LogP) is 3.77. The van der Waals surface area contributed by atoms with Crippen molar-refractivity contribution in [1.82, 2.24) is 0 Å². The molecule has 0 radical (unpaired) electrons. The minimum atomic E-state index is -0.617. The van der Waals surface area contributed by atoms with Crippen molar-refractivity contribution in [1.29, 1.82) is 0 Å². The van der Waals surface area contributed by atoms with Crippen molar-refractivity contribution in [3.8, 4) is 11.5 Å². The molecule has 21 heavy (non-hydrogen) atoms. The number of esters is 1. The molecule has 0 aliphatic heterocycles. The Morgan fingerprint density at radius 3 is 2.38 bits per heavy atom. The maximum absolute atomic E-state index is 12.1. The first kappa shape index (κ1) is 15.1. The van der Waals surface area contributed by atoms with Crippen LogP contribution in [0.3, 0.4) is 0 Å². The number of methoxy groups -OCH3 is 1. The molecule has 2 rings (SSSR count). The highest BCUT2D eigenvalue weighted by Gasteiger charge is 2.16. The number of hydrogen-bond donors (Lipinski definition) is 0. The van der Waals surface area contributed by atoms with Gasteiger partial charge in [0.1, 0.15) is 11.5 Å². The van der Waals surface area contributed by atoms with Crippen LogP contribution in [0.2, 0.25) is 5.02 Å². The van der Waals surface area contributed by atoms with Crippen LogP contribution in [0.5, 0.6) is 11.5 Å². The third-order valence-electron chi connectivity index (χ3n) is 2.86. The van der Waals surface area contributed by atoms with Crippen LogP contribution in [0.4, 0.5) is 0 Å². The van der Waals surface area contributed by atoms with Gasteiger partial charge in [-0.25, -0.2) is 4.79 Å². The predicted molar refractivity (Wildman–Crippen MR) is 79.4 cm³/mol. The maximum atomic E-state index is 12.1. The van der Waals surface area contributed by atoms with Gasteiger partial charge in [-0.3, -0.25) is 4.79 Å². The molecule has 0 unspecified atom stereocenters. The van der Waals surface area contributed by atoms with Gasteiger partial charge in [-0.1, -0.05) is 23.7 Å². The quantitative estimate of drug-likeness (QED) is 0.490. The minimum absolute atomic E-state index is 0.174. The zero-order chi connectivity index (χ0) is 15.4. The lowest BCUT2D eigenvalue weighted by Gasteiger charge is -2.10. The fourth-order valence-corrected chi connectivity index (χ4v) is 1.99. The first-order valence-corrected chi connectivity index (χ1v) is 6.56. The molecule has 0 saturated heterocycles. The van der Waals surface area contributed by atoms with E-state index in [4.69, 9.17) is 21.1 Å². The molecule has 5 heteroatoms. The summed E-state index contributed by atoms with van der Waals surface area (Å²) < 4.78 is 10.3. The third-order valence-corrected chi connectivity index (χ3v) is 3.19. The summed E-state index contributed by atoms with van der Waals surface area (Å²) >= 11 is 5.95. The lowest BCUT2D eigenvalue weighted by atomic mass is 10.1. The molecule has 0 amide bonds. The van der Waals surface area contributed by atoms with Crippen LogP contribution in [0.15, 0.2) is 42.5 Å². The number of ether oxygens (including phenoxy) is 2. The fourth-order valence-electron chi connectivity index (χ4n) is 1.78. The zero-order valence-electron chi connectivity index (χ0n) is 11.6. The molecular formula is C16H13ClO4. The molecule has 4 nitrogen and oxygen atoms in total. The Balaban J connectivity index is 2.33. The molecule has 0 aliphatic carbocycles. The van der Waals surface area contributed by atoms with Gasteiger partial charge in [-0.05, 0) is 37.3 Å². The topological polar surface area (TPSA) is 52.6 Å². The summed E-state index contributed by atoms with van der Waals surface area (Å²) in [6, 6.07) is 11.2. The highest BCUT2D eigenvalue weighted by atomic mass is 35.5. The molecule has 0 atom stereocenters. The molecule has 0 saturated carbocycles. The Labute approximate surface area is 127 Å². The van der Waals surface area contributed by atoms with Gasteiger partial charge in [0.15, 0.2) is 5.78 Å². The summed E-state index contributed by atoms with van der Waals surface area (Å²) in [6.45, 7) is 1.39. The van der Waals surface area contributed by atoms with E-state index in [9.17, 15) is 9.59 Å². The SMILES string of the molecule is COc1ccc(OC(=O)c2ccccc2Cl)c(C(C)=O)c1. The normalized spacial score (nSPS) is 10.0. The molecule has 2 aromatic carbocycles. The number of Topliss-reactive ketones (excluding diaryl/α,β-unsaturated/α-hetero) is 1. The number of halogens is 1. The van der Waals surface area contributed by atoms with E-state index >= 15 is 0 Å². The Morgan fingerprint density at radius 2 is 1.76 bits per heavy atom. The van der Waals surface area contributed by atoms with Gasteiger partial charge in [-0.2, -0.15) is 0 Å². The summed E-state index contributed by atoms with van der Waals surface area (Å²) in [5.41, 5.74) is 0.513. The van der Waals surface area contributed by atoms with E-state index < -0.39 is 5.97 Å². The van der Waals surface area contributed by atoms with Crippen molar-refractivity contribution in [2.75, 3.05) is 7.11 Å². The molecule has 0 bridgehead atoms. The van der Waals surface area contributed by atoms with Crippen LogP contribution in [0.25, 0.3) is 0 Å². The summed E-state index contributed by atoms with van der Waals surface area (Å²) in [5.74, 6) is -0.157. The van der Waals surface area contributed by atoms with Gasteiger partial charge in [0, 0.05) is 0 Å². The average Bonchev–Trinajstić information content (AvgIpc) is 2.47. The van der Waals surface area contributed by atoms with Crippen molar-refractivity contribution >= 4 is 23.4 Å². The van der Waals surface area contributed by atoms with E-state index in [0.29, 0.717) is 10.8 Å². The third kappa shape index (κ3) is 3.41. The summed E-state index contributed by atoms with van der Waals surface area (Å²) in [4.78, 5) is 23.8. The van der Waals surface area contributed by atoms with Crippen LogP contribution in [-0.2, 0) is 0 Å². The second-order valence-corrected chi connectivity index (χ2v) is 4.69. The number of benzene rings is 2. The zero-order valence-corrected chi connectivity index (χ0v) is 12.3. The Kier molecular flexibility index (Phi) is 4.60. The van der Waals surface area contributed by atoms with E-state index in [0.717, 1.165) is 0 Å². The number of ketones is 1. The van der Waals surface area contributed by atoms with Crippen molar-refractivity contribution in [2.24, 2.45) is 0 Å². The molecule has 0 fully saturated rings. The fraction of sp³-hybridized carbons (Fsp3) is 0.125. The summed E-state index contributed by atoms with van der Waals surface area (Å²) in [7, 11) is 1.49. The van der Waals surface area contributed by atoms with Crippen LogP contribution in [0.1, 0.15) is 27.6 Å². The number of hydrogen-bond acceptors (Lipinski definition) is 4. The van der Waals surface area contributed by atoms with Gasteiger partial charge < -0.3 is 9.47 Å². The Hall–Kier alpha value is -2.33. The first-order valence-electron chi connectivity index (χ1n) is 6.18. The van der Waals surface area contributed by atoms with E-state index in [1.165, 1.54) is 26.2 Å². The molecule has 0 heterocycles. The number of carbonyl (C=O) groups is 2. The average molecular weight is 305 g/mol. The molecule has 0 N–H and O–H groups in total. The Morgan fingerprint density at radius 1 is 1.05 bits per heavy atom. The van der Waals surface area contributed by atoms with E-state index in [-0.39, 0.29) is 22.7 Å². The van der Waals surface area contributed by atoms with Crippen molar-refractivity contribution in [2.45, 2.75) is 6.92 Å².